The molecule has 0 aromatic carbocycles. The fraction of sp³-hybridized carbons (Fsp3) is 0.682. The maximum Gasteiger partial charge on any atom is 0.328 e. The SMILES string of the molecule is CC(C=CC(=O)O)=C1C(=O)CC2C1(C)CCC1C(C)(C)C(=O)CCC12C. The predicted octanol–water partition coefficient (Wildman–Crippen LogP) is 4.34. The van der Waals surface area contributed by atoms with Gasteiger partial charge in [-0.2, -0.15) is 0 Å². The second kappa shape index (κ2) is 5.90. The molecule has 26 heavy (non-hydrogen) atoms. The lowest BCUT2D eigenvalue weighted by Gasteiger charge is -2.60. The fourth-order valence-electron chi connectivity index (χ4n) is 6.67. The molecule has 3 saturated carbocycles. The van der Waals surface area contributed by atoms with Gasteiger partial charge < -0.3 is 5.11 Å². The molecule has 3 aliphatic carbocycles. The van der Waals surface area contributed by atoms with Crippen LogP contribution >= 0.6 is 0 Å². The monoisotopic (exact) mass is 358 g/mol. The van der Waals surface area contributed by atoms with Gasteiger partial charge in [-0.05, 0) is 49.0 Å². The molecule has 4 nitrogen and oxygen atoms in total. The maximum atomic E-state index is 13.0. The van der Waals surface area contributed by atoms with E-state index in [1.807, 2.05) is 6.92 Å². The van der Waals surface area contributed by atoms with E-state index >= 15 is 0 Å². The van der Waals surface area contributed by atoms with Crippen LogP contribution in [0.5, 0.6) is 0 Å². The average molecular weight is 358 g/mol. The Balaban J connectivity index is 2.06. The highest BCUT2D eigenvalue weighted by Crippen LogP contribution is 2.68. The fourth-order valence-corrected chi connectivity index (χ4v) is 6.67. The van der Waals surface area contributed by atoms with E-state index in [-0.39, 0.29) is 27.9 Å². The minimum absolute atomic E-state index is 0.0292. The molecule has 142 valence electrons. The van der Waals surface area contributed by atoms with Gasteiger partial charge in [0.25, 0.3) is 0 Å². The van der Waals surface area contributed by atoms with Crippen molar-refractivity contribution in [2.45, 2.75) is 66.7 Å². The summed E-state index contributed by atoms with van der Waals surface area (Å²) < 4.78 is 0. The van der Waals surface area contributed by atoms with Crippen LogP contribution in [0.4, 0.5) is 0 Å². The van der Waals surface area contributed by atoms with Crippen molar-refractivity contribution >= 4 is 17.5 Å². The lowest BCUT2D eigenvalue weighted by Crippen LogP contribution is -2.56. The van der Waals surface area contributed by atoms with Crippen molar-refractivity contribution in [2.75, 3.05) is 0 Å². The summed E-state index contributed by atoms with van der Waals surface area (Å²) in [5, 5.41) is 8.92. The molecule has 0 aromatic heterocycles. The molecule has 0 heterocycles. The zero-order valence-corrected chi connectivity index (χ0v) is 16.5. The first-order chi connectivity index (χ1) is 11.9. The number of carboxylic acids is 1. The van der Waals surface area contributed by atoms with E-state index in [1.54, 1.807) is 6.08 Å². The van der Waals surface area contributed by atoms with Gasteiger partial charge in [0.2, 0.25) is 0 Å². The second-order valence-electron chi connectivity index (χ2n) is 9.57. The number of carbonyl (C=O) groups excluding carboxylic acids is 2. The average Bonchev–Trinajstić information content (AvgIpc) is 2.81. The molecule has 0 radical (unpaired) electrons. The molecule has 1 N–H and O–H groups in total. The van der Waals surface area contributed by atoms with Crippen LogP contribution in [-0.4, -0.2) is 22.6 Å². The van der Waals surface area contributed by atoms with Crippen molar-refractivity contribution in [3.63, 3.8) is 0 Å². The van der Waals surface area contributed by atoms with E-state index in [0.29, 0.717) is 24.5 Å². The van der Waals surface area contributed by atoms with Crippen molar-refractivity contribution in [1.29, 1.82) is 0 Å². The number of ketones is 2. The largest absolute Gasteiger partial charge is 0.478 e. The van der Waals surface area contributed by atoms with E-state index in [1.165, 1.54) is 0 Å². The van der Waals surface area contributed by atoms with Gasteiger partial charge in [-0.25, -0.2) is 4.79 Å². The van der Waals surface area contributed by atoms with Gasteiger partial charge in [-0.1, -0.05) is 33.8 Å². The highest BCUT2D eigenvalue weighted by atomic mass is 16.4. The molecule has 4 unspecified atom stereocenters. The van der Waals surface area contributed by atoms with Crippen LogP contribution in [0.2, 0.25) is 0 Å². The van der Waals surface area contributed by atoms with Gasteiger partial charge in [0.05, 0.1) is 0 Å². The summed E-state index contributed by atoms with van der Waals surface area (Å²) in [4.78, 5) is 36.4. The molecule has 0 aromatic rings. The normalized spacial score (nSPS) is 41.1. The Labute approximate surface area is 155 Å². The third-order valence-electron chi connectivity index (χ3n) is 7.90. The molecular formula is C22H30O4. The lowest BCUT2D eigenvalue weighted by molar-refractivity contribution is -0.154. The minimum atomic E-state index is -1.000. The van der Waals surface area contributed by atoms with Gasteiger partial charge >= 0.3 is 5.97 Å². The number of fused-ring (bicyclic) bond motifs is 3. The Hall–Kier alpha value is -1.71. The summed E-state index contributed by atoms with van der Waals surface area (Å²) in [6, 6.07) is 0. The topological polar surface area (TPSA) is 71.4 Å². The molecular weight excluding hydrogens is 328 g/mol. The molecule has 0 bridgehead atoms. The van der Waals surface area contributed by atoms with Gasteiger partial charge in [0.1, 0.15) is 5.78 Å². The van der Waals surface area contributed by atoms with Gasteiger partial charge in [0.15, 0.2) is 5.78 Å². The summed E-state index contributed by atoms with van der Waals surface area (Å²) in [5.74, 6) is 0.0271. The highest BCUT2D eigenvalue weighted by molar-refractivity contribution is 6.01. The third-order valence-corrected chi connectivity index (χ3v) is 7.90. The zero-order chi connectivity index (χ0) is 19.5. The van der Waals surface area contributed by atoms with Gasteiger partial charge in [0, 0.05) is 35.3 Å². The number of allylic oxidation sites excluding steroid dienone is 3. The summed E-state index contributed by atoms with van der Waals surface area (Å²) in [5.41, 5.74) is 0.997. The Morgan fingerprint density at radius 1 is 1.08 bits per heavy atom. The summed E-state index contributed by atoms with van der Waals surface area (Å²) in [7, 11) is 0. The molecule has 0 aliphatic heterocycles. The Kier molecular flexibility index (Phi) is 4.33. The first-order valence-electron chi connectivity index (χ1n) is 9.63. The van der Waals surface area contributed by atoms with Crippen LogP contribution in [0.25, 0.3) is 0 Å². The number of rotatable bonds is 2. The molecule has 3 aliphatic rings. The van der Waals surface area contributed by atoms with E-state index < -0.39 is 5.97 Å². The van der Waals surface area contributed by atoms with Crippen molar-refractivity contribution in [3.05, 3.63) is 23.3 Å². The van der Waals surface area contributed by atoms with Crippen LogP contribution in [0, 0.1) is 28.1 Å². The van der Waals surface area contributed by atoms with Crippen LogP contribution in [0.15, 0.2) is 23.3 Å². The Morgan fingerprint density at radius 3 is 2.35 bits per heavy atom. The van der Waals surface area contributed by atoms with Crippen molar-refractivity contribution in [3.8, 4) is 0 Å². The van der Waals surface area contributed by atoms with Crippen LogP contribution in [-0.2, 0) is 14.4 Å². The van der Waals surface area contributed by atoms with Crippen LogP contribution in [0.3, 0.4) is 0 Å². The summed E-state index contributed by atoms with van der Waals surface area (Å²) >= 11 is 0. The first kappa shape index (κ1) is 19.1. The Morgan fingerprint density at radius 2 is 1.73 bits per heavy atom. The van der Waals surface area contributed by atoms with E-state index in [2.05, 4.69) is 27.7 Å². The highest BCUT2D eigenvalue weighted by Gasteiger charge is 2.64. The van der Waals surface area contributed by atoms with Crippen molar-refractivity contribution in [1.82, 2.24) is 0 Å². The third kappa shape index (κ3) is 2.52. The summed E-state index contributed by atoms with van der Waals surface area (Å²) in [6.07, 6.45) is 6.46. The predicted molar refractivity (Wildman–Crippen MR) is 99.5 cm³/mol. The number of hydrogen-bond donors (Lipinski definition) is 1. The van der Waals surface area contributed by atoms with Crippen LogP contribution < -0.4 is 0 Å². The zero-order valence-electron chi connectivity index (χ0n) is 16.5. The lowest BCUT2D eigenvalue weighted by atomic mass is 9.43. The molecule has 4 atom stereocenters. The molecule has 0 saturated heterocycles. The quantitative estimate of drug-likeness (QED) is 0.745. The van der Waals surface area contributed by atoms with Gasteiger partial charge in [-0.3, -0.25) is 9.59 Å². The second-order valence-corrected chi connectivity index (χ2v) is 9.57. The first-order valence-corrected chi connectivity index (χ1v) is 9.63. The Bertz CT molecular complexity index is 741. The smallest absolute Gasteiger partial charge is 0.328 e. The number of hydrogen-bond acceptors (Lipinski definition) is 3. The van der Waals surface area contributed by atoms with E-state index in [9.17, 15) is 14.4 Å². The molecule has 3 fully saturated rings. The van der Waals surface area contributed by atoms with Gasteiger partial charge in [-0.15, -0.1) is 0 Å². The number of carbonyl (C=O) groups is 3. The minimum Gasteiger partial charge on any atom is -0.478 e. The number of carboxylic acid groups (broad SMARTS) is 1. The van der Waals surface area contributed by atoms with Crippen molar-refractivity contribution in [2.24, 2.45) is 28.1 Å². The maximum absolute atomic E-state index is 13.0. The molecule has 4 heteroatoms. The molecule has 0 amide bonds. The van der Waals surface area contributed by atoms with Crippen LogP contribution in [0.1, 0.15) is 66.7 Å². The standard InChI is InChI=1S/C22H30O4/c1-13(6-7-18(25)26)19-14(23)12-16-21(4)11-9-17(24)20(2,3)15(21)8-10-22(16,19)5/h6-7,15-16H,8-12H2,1-5H3,(H,25,26). The van der Waals surface area contributed by atoms with E-state index in [4.69, 9.17) is 5.11 Å². The van der Waals surface area contributed by atoms with E-state index in [0.717, 1.165) is 36.5 Å². The number of Topliss-reactive ketones (excluding diaryl/α,β-unsaturated/α-hetero) is 2. The molecule has 3 rings (SSSR count). The number of aliphatic carboxylic acids is 1. The molecule has 0 spiro atoms. The summed E-state index contributed by atoms with van der Waals surface area (Å²) in [6.45, 7) is 10.5. The van der Waals surface area contributed by atoms with Crippen molar-refractivity contribution < 1.29 is 19.5 Å².